The second kappa shape index (κ2) is 8.27. The first kappa shape index (κ1) is 15.2. The van der Waals surface area contributed by atoms with Crippen LogP contribution in [0.2, 0.25) is 0 Å². The maximum atomic E-state index is 12.8. The Morgan fingerprint density at radius 3 is 2.61 bits per heavy atom. The summed E-state index contributed by atoms with van der Waals surface area (Å²) in [5.74, 6) is -0.258. The van der Waals surface area contributed by atoms with Crippen molar-refractivity contribution in [3.05, 3.63) is 24.2 Å². The Hall–Kier alpha value is -0.870. The second-order valence-corrected chi connectivity index (χ2v) is 4.40. The highest BCUT2D eigenvalue weighted by Gasteiger charge is 2.18. The van der Waals surface area contributed by atoms with E-state index in [4.69, 9.17) is 9.47 Å². The van der Waals surface area contributed by atoms with Gasteiger partial charge in [-0.25, -0.2) is 4.39 Å². The average Bonchev–Trinajstić information content (AvgIpc) is 2.36. The van der Waals surface area contributed by atoms with Gasteiger partial charge in [0.15, 0.2) is 5.83 Å². The molecule has 1 saturated heterocycles. The van der Waals surface area contributed by atoms with Gasteiger partial charge in [0.2, 0.25) is 0 Å². The Labute approximate surface area is 109 Å². The van der Waals surface area contributed by atoms with Crippen molar-refractivity contribution >= 4 is 0 Å². The Morgan fingerprint density at radius 2 is 2.11 bits per heavy atom. The van der Waals surface area contributed by atoms with Gasteiger partial charge < -0.3 is 9.47 Å². The third kappa shape index (κ3) is 5.19. The third-order valence-corrected chi connectivity index (χ3v) is 3.13. The van der Waals surface area contributed by atoms with Gasteiger partial charge in [-0.2, -0.15) is 0 Å². The van der Waals surface area contributed by atoms with E-state index >= 15 is 0 Å². The van der Waals surface area contributed by atoms with E-state index in [-0.39, 0.29) is 5.76 Å². The lowest BCUT2D eigenvalue weighted by Crippen LogP contribution is -2.38. The minimum Gasteiger partial charge on any atom is -0.490 e. The van der Waals surface area contributed by atoms with Crippen LogP contribution in [0.25, 0.3) is 0 Å². The fourth-order valence-electron chi connectivity index (χ4n) is 2.14. The molecule has 1 rings (SSSR count). The van der Waals surface area contributed by atoms with Gasteiger partial charge in [0.05, 0.1) is 6.10 Å². The van der Waals surface area contributed by atoms with Crippen LogP contribution < -0.4 is 0 Å². The number of hydrogen-bond donors (Lipinski definition) is 0. The van der Waals surface area contributed by atoms with Gasteiger partial charge in [-0.3, -0.25) is 4.90 Å². The normalized spacial score (nSPS) is 18.9. The SMILES string of the molecule is C=C(F)/C(=C\C)OCCN1CCC(OCC)CC1. The molecule has 0 radical (unpaired) electrons. The van der Waals surface area contributed by atoms with Crippen molar-refractivity contribution in [3.63, 3.8) is 0 Å². The molecule has 1 heterocycles. The first-order chi connectivity index (χ1) is 8.67. The van der Waals surface area contributed by atoms with E-state index in [1.807, 2.05) is 6.92 Å². The molecule has 0 atom stereocenters. The molecule has 3 nitrogen and oxygen atoms in total. The summed E-state index contributed by atoms with van der Waals surface area (Å²) in [6.07, 6.45) is 4.15. The van der Waals surface area contributed by atoms with Crippen LogP contribution in [0.4, 0.5) is 4.39 Å². The highest BCUT2D eigenvalue weighted by molar-refractivity contribution is 5.14. The highest BCUT2D eigenvalue weighted by Crippen LogP contribution is 2.14. The Kier molecular flexibility index (Phi) is 6.98. The average molecular weight is 257 g/mol. The summed E-state index contributed by atoms with van der Waals surface area (Å²) >= 11 is 0. The van der Waals surface area contributed by atoms with Gasteiger partial charge in [-0.1, -0.05) is 6.58 Å². The largest absolute Gasteiger partial charge is 0.490 e. The van der Waals surface area contributed by atoms with Crippen molar-refractivity contribution in [1.29, 1.82) is 0 Å². The minimum atomic E-state index is -0.507. The van der Waals surface area contributed by atoms with E-state index in [0.29, 0.717) is 12.7 Å². The maximum absolute atomic E-state index is 12.8. The lowest BCUT2D eigenvalue weighted by molar-refractivity contribution is 0.00990. The van der Waals surface area contributed by atoms with E-state index in [1.165, 1.54) is 0 Å². The molecule has 0 amide bonds. The van der Waals surface area contributed by atoms with Crippen LogP contribution in [0.15, 0.2) is 24.2 Å². The van der Waals surface area contributed by atoms with E-state index in [9.17, 15) is 4.39 Å². The predicted octanol–water partition coefficient (Wildman–Crippen LogP) is 2.89. The summed E-state index contributed by atoms with van der Waals surface area (Å²) in [6.45, 7) is 11.2. The number of ether oxygens (including phenoxy) is 2. The van der Waals surface area contributed by atoms with Crippen LogP contribution in [-0.2, 0) is 9.47 Å². The van der Waals surface area contributed by atoms with Gasteiger partial charge in [0, 0.05) is 26.2 Å². The molecule has 1 fully saturated rings. The molecule has 0 N–H and O–H groups in total. The summed E-state index contributed by atoms with van der Waals surface area (Å²) in [6, 6.07) is 0. The van der Waals surface area contributed by atoms with Crippen LogP contribution in [0.1, 0.15) is 26.7 Å². The number of halogens is 1. The molecule has 0 spiro atoms. The zero-order valence-corrected chi connectivity index (χ0v) is 11.5. The van der Waals surface area contributed by atoms with Gasteiger partial charge >= 0.3 is 0 Å². The van der Waals surface area contributed by atoms with Crippen molar-refractivity contribution in [2.24, 2.45) is 0 Å². The Bertz CT molecular complexity index is 284. The molecule has 0 bridgehead atoms. The lowest BCUT2D eigenvalue weighted by Gasteiger charge is -2.31. The summed E-state index contributed by atoms with van der Waals surface area (Å²) in [5, 5.41) is 0. The molecular formula is C14H24FNO2. The lowest BCUT2D eigenvalue weighted by atomic mass is 10.1. The van der Waals surface area contributed by atoms with Crippen molar-refractivity contribution in [2.75, 3.05) is 32.8 Å². The van der Waals surface area contributed by atoms with Crippen molar-refractivity contribution in [1.82, 2.24) is 4.90 Å². The molecule has 1 aliphatic heterocycles. The van der Waals surface area contributed by atoms with Gasteiger partial charge in [0.25, 0.3) is 0 Å². The summed E-state index contributed by atoms with van der Waals surface area (Å²) in [4.78, 5) is 2.32. The number of likely N-dealkylation sites (tertiary alicyclic amines) is 1. The fourth-order valence-corrected chi connectivity index (χ4v) is 2.14. The minimum absolute atomic E-state index is 0.249. The predicted molar refractivity (Wildman–Crippen MR) is 71.0 cm³/mol. The molecule has 1 aliphatic rings. The first-order valence-electron chi connectivity index (χ1n) is 6.65. The quantitative estimate of drug-likeness (QED) is 0.517. The molecule has 0 aliphatic carbocycles. The van der Waals surface area contributed by atoms with E-state index in [1.54, 1.807) is 13.0 Å². The van der Waals surface area contributed by atoms with Gasteiger partial charge in [0.1, 0.15) is 12.4 Å². The number of rotatable bonds is 7. The molecule has 4 heteroatoms. The van der Waals surface area contributed by atoms with Crippen LogP contribution in [-0.4, -0.2) is 43.9 Å². The van der Waals surface area contributed by atoms with Crippen LogP contribution in [0, 0.1) is 0 Å². The standard InChI is InChI=1S/C14H24FNO2/c1-4-14(12(3)15)18-11-10-16-8-6-13(7-9-16)17-5-2/h4,13H,3,5-11H2,1-2H3/b14-4+. The Morgan fingerprint density at radius 1 is 1.44 bits per heavy atom. The summed E-state index contributed by atoms with van der Waals surface area (Å²) in [7, 11) is 0. The molecular weight excluding hydrogens is 233 g/mol. The third-order valence-electron chi connectivity index (χ3n) is 3.13. The topological polar surface area (TPSA) is 21.7 Å². The van der Waals surface area contributed by atoms with E-state index < -0.39 is 5.83 Å². The Balaban J connectivity index is 2.16. The van der Waals surface area contributed by atoms with Gasteiger partial charge in [-0.05, 0) is 32.8 Å². The van der Waals surface area contributed by atoms with Crippen LogP contribution in [0.3, 0.4) is 0 Å². The molecule has 18 heavy (non-hydrogen) atoms. The first-order valence-corrected chi connectivity index (χ1v) is 6.65. The smallest absolute Gasteiger partial charge is 0.157 e. The number of hydrogen-bond acceptors (Lipinski definition) is 3. The van der Waals surface area contributed by atoms with Crippen molar-refractivity contribution < 1.29 is 13.9 Å². The van der Waals surface area contributed by atoms with E-state index in [2.05, 4.69) is 11.5 Å². The van der Waals surface area contributed by atoms with Gasteiger partial charge in [-0.15, -0.1) is 0 Å². The zero-order chi connectivity index (χ0) is 13.4. The second-order valence-electron chi connectivity index (χ2n) is 4.40. The van der Waals surface area contributed by atoms with Crippen LogP contribution in [0.5, 0.6) is 0 Å². The highest BCUT2D eigenvalue weighted by atomic mass is 19.1. The molecule has 0 aromatic heterocycles. The van der Waals surface area contributed by atoms with Crippen molar-refractivity contribution in [3.8, 4) is 0 Å². The fraction of sp³-hybridized carbons (Fsp3) is 0.714. The van der Waals surface area contributed by atoms with E-state index in [0.717, 1.165) is 39.1 Å². The number of nitrogens with zero attached hydrogens (tertiary/aromatic N) is 1. The molecule has 104 valence electrons. The molecule has 0 saturated carbocycles. The zero-order valence-electron chi connectivity index (χ0n) is 11.5. The monoisotopic (exact) mass is 257 g/mol. The maximum Gasteiger partial charge on any atom is 0.157 e. The summed E-state index contributed by atoms with van der Waals surface area (Å²) < 4.78 is 23.8. The molecule has 0 aromatic carbocycles. The summed E-state index contributed by atoms with van der Waals surface area (Å²) in [5.41, 5.74) is 0. The number of piperidine rings is 1. The van der Waals surface area contributed by atoms with Crippen LogP contribution >= 0.6 is 0 Å². The van der Waals surface area contributed by atoms with Crippen molar-refractivity contribution in [2.45, 2.75) is 32.8 Å². The number of allylic oxidation sites excluding steroid dienone is 2. The molecule has 0 aromatic rings. The molecule has 0 unspecified atom stereocenters.